The first-order chi connectivity index (χ1) is 9.04. The lowest BCUT2D eigenvalue weighted by Gasteiger charge is -2.20. The van der Waals surface area contributed by atoms with Crippen molar-refractivity contribution >= 4 is 0 Å². The predicted octanol–water partition coefficient (Wildman–Crippen LogP) is 2.83. The Morgan fingerprint density at radius 2 is 2.11 bits per heavy atom. The second-order valence-electron chi connectivity index (χ2n) is 5.88. The van der Waals surface area contributed by atoms with Crippen LogP contribution in [0.5, 0.6) is 5.75 Å². The molecular formula is C16H26N2O. The van der Waals surface area contributed by atoms with E-state index in [1.165, 1.54) is 18.5 Å². The molecule has 1 N–H and O–H groups in total. The standard InChI is InChI=1S/C16H26N2O/c1-12(2)19-16-7-5-6-14(10-16)13(3)17-15-8-9-18(4)11-15/h5-7,10,12-13,15,17H,8-9,11H2,1-4H3. The molecule has 1 saturated heterocycles. The lowest BCUT2D eigenvalue weighted by Crippen LogP contribution is -2.33. The molecule has 2 unspecified atom stereocenters. The Hall–Kier alpha value is -1.06. The minimum atomic E-state index is 0.224. The third-order valence-corrected chi connectivity index (χ3v) is 3.61. The zero-order valence-corrected chi connectivity index (χ0v) is 12.5. The van der Waals surface area contributed by atoms with Crippen LogP contribution in [-0.2, 0) is 0 Å². The van der Waals surface area contributed by atoms with Crippen LogP contribution in [0.1, 0.15) is 38.8 Å². The number of likely N-dealkylation sites (tertiary alicyclic amines) is 1. The third kappa shape index (κ3) is 4.22. The van der Waals surface area contributed by atoms with E-state index in [-0.39, 0.29) is 6.10 Å². The number of ether oxygens (including phenoxy) is 1. The van der Waals surface area contributed by atoms with E-state index < -0.39 is 0 Å². The molecule has 2 atom stereocenters. The molecule has 3 heteroatoms. The Bertz CT molecular complexity index is 405. The third-order valence-electron chi connectivity index (χ3n) is 3.61. The van der Waals surface area contributed by atoms with Crippen molar-refractivity contribution in [1.29, 1.82) is 0 Å². The van der Waals surface area contributed by atoms with E-state index in [2.05, 4.69) is 56.2 Å². The van der Waals surface area contributed by atoms with E-state index in [1.54, 1.807) is 0 Å². The zero-order valence-electron chi connectivity index (χ0n) is 12.5. The first-order valence-corrected chi connectivity index (χ1v) is 7.26. The van der Waals surface area contributed by atoms with E-state index >= 15 is 0 Å². The highest BCUT2D eigenvalue weighted by atomic mass is 16.5. The van der Waals surface area contributed by atoms with Crippen molar-refractivity contribution in [2.75, 3.05) is 20.1 Å². The average Bonchev–Trinajstić information content (AvgIpc) is 2.74. The summed E-state index contributed by atoms with van der Waals surface area (Å²) in [5, 5.41) is 3.71. The quantitative estimate of drug-likeness (QED) is 0.883. The first kappa shape index (κ1) is 14.4. The highest BCUT2D eigenvalue weighted by Crippen LogP contribution is 2.21. The lowest BCUT2D eigenvalue weighted by atomic mass is 10.1. The van der Waals surface area contributed by atoms with Gasteiger partial charge in [-0.25, -0.2) is 0 Å². The molecule has 0 spiro atoms. The molecule has 106 valence electrons. The molecule has 0 bridgehead atoms. The maximum Gasteiger partial charge on any atom is 0.120 e. The summed E-state index contributed by atoms with van der Waals surface area (Å²) in [5.41, 5.74) is 1.30. The highest BCUT2D eigenvalue weighted by Gasteiger charge is 2.21. The summed E-state index contributed by atoms with van der Waals surface area (Å²) in [4.78, 5) is 2.38. The smallest absolute Gasteiger partial charge is 0.120 e. The van der Waals surface area contributed by atoms with Crippen LogP contribution in [0.25, 0.3) is 0 Å². The monoisotopic (exact) mass is 262 g/mol. The second kappa shape index (κ2) is 6.40. The number of likely N-dealkylation sites (N-methyl/N-ethyl adjacent to an activating group) is 1. The van der Waals surface area contributed by atoms with Crippen LogP contribution in [0, 0.1) is 0 Å². The Labute approximate surface area is 116 Å². The van der Waals surface area contributed by atoms with Gasteiger partial charge in [0.2, 0.25) is 0 Å². The molecule has 0 aromatic heterocycles. The maximum absolute atomic E-state index is 5.76. The fourth-order valence-electron chi connectivity index (χ4n) is 2.65. The molecule has 0 amide bonds. The van der Waals surface area contributed by atoms with Gasteiger partial charge in [0.25, 0.3) is 0 Å². The molecule has 1 heterocycles. The molecule has 1 aromatic carbocycles. The summed E-state index contributed by atoms with van der Waals surface area (Å²) in [5.74, 6) is 0.963. The molecule has 0 radical (unpaired) electrons. The fourth-order valence-corrected chi connectivity index (χ4v) is 2.65. The number of rotatable bonds is 5. The van der Waals surface area contributed by atoms with Gasteiger partial charge in [-0.15, -0.1) is 0 Å². The van der Waals surface area contributed by atoms with Crippen molar-refractivity contribution in [1.82, 2.24) is 10.2 Å². The van der Waals surface area contributed by atoms with E-state index in [4.69, 9.17) is 4.74 Å². The van der Waals surface area contributed by atoms with Gasteiger partial charge < -0.3 is 15.0 Å². The Morgan fingerprint density at radius 1 is 1.32 bits per heavy atom. The number of nitrogens with one attached hydrogen (secondary N) is 1. The van der Waals surface area contributed by atoms with Crippen LogP contribution in [0.4, 0.5) is 0 Å². The van der Waals surface area contributed by atoms with Gasteiger partial charge in [0.05, 0.1) is 6.10 Å². The van der Waals surface area contributed by atoms with Crippen molar-refractivity contribution in [2.45, 2.75) is 45.4 Å². The summed E-state index contributed by atoms with van der Waals surface area (Å²) in [6.45, 7) is 8.69. The van der Waals surface area contributed by atoms with Gasteiger partial charge in [0.1, 0.15) is 5.75 Å². The van der Waals surface area contributed by atoms with Gasteiger partial charge in [0, 0.05) is 18.6 Å². The van der Waals surface area contributed by atoms with Crippen LogP contribution in [0.15, 0.2) is 24.3 Å². The molecule has 1 fully saturated rings. The molecule has 1 aromatic rings. The first-order valence-electron chi connectivity index (χ1n) is 7.26. The van der Waals surface area contributed by atoms with Crippen molar-refractivity contribution in [2.24, 2.45) is 0 Å². The summed E-state index contributed by atoms with van der Waals surface area (Å²) in [6.07, 6.45) is 1.46. The van der Waals surface area contributed by atoms with Gasteiger partial charge >= 0.3 is 0 Å². The average molecular weight is 262 g/mol. The molecule has 2 rings (SSSR count). The summed E-state index contributed by atoms with van der Waals surface area (Å²) in [7, 11) is 2.18. The van der Waals surface area contributed by atoms with Crippen molar-refractivity contribution in [3.05, 3.63) is 29.8 Å². The van der Waals surface area contributed by atoms with Crippen molar-refractivity contribution in [3.63, 3.8) is 0 Å². The second-order valence-corrected chi connectivity index (χ2v) is 5.88. The summed E-state index contributed by atoms with van der Waals surface area (Å²) >= 11 is 0. The van der Waals surface area contributed by atoms with E-state index in [0.717, 1.165) is 12.3 Å². The number of hydrogen-bond donors (Lipinski definition) is 1. The fraction of sp³-hybridized carbons (Fsp3) is 0.625. The minimum absolute atomic E-state index is 0.224. The zero-order chi connectivity index (χ0) is 13.8. The van der Waals surface area contributed by atoms with Crippen molar-refractivity contribution < 1.29 is 4.74 Å². The Balaban J connectivity index is 1.96. The lowest BCUT2D eigenvalue weighted by molar-refractivity contribution is 0.242. The van der Waals surface area contributed by atoms with Gasteiger partial charge in [-0.3, -0.25) is 0 Å². The molecule has 3 nitrogen and oxygen atoms in total. The summed E-state index contributed by atoms with van der Waals surface area (Å²) < 4.78 is 5.76. The molecule has 19 heavy (non-hydrogen) atoms. The number of benzene rings is 1. The largest absolute Gasteiger partial charge is 0.491 e. The molecule has 0 aliphatic carbocycles. The van der Waals surface area contributed by atoms with E-state index in [9.17, 15) is 0 Å². The van der Waals surface area contributed by atoms with Crippen LogP contribution in [0.3, 0.4) is 0 Å². The topological polar surface area (TPSA) is 24.5 Å². The molecular weight excluding hydrogens is 236 g/mol. The van der Waals surface area contributed by atoms with Crippen LogP contribution >= 0.6 is 0 Å². The summed E-state index contributed by atoms with van der Waals surface area (Å²) in [6, 6.07) is 9.40. The predicted molar refractivity (Wildman–Crippen MR) is 79.7 cm³/mol. The Morgan fingerprint density at radius 3 is 2.74 bits per heavy atom. The van der Waals surface area contributed by atoms with Gasteiger partial charge in [-0.05, 0) is 58.5 Å². The normalized spacial score (nSPS) is 21.8. The van der Waals surface area contributed by atoms with Crippen LogP contribution in [-0.4, -0.2) is 37.2 Å². The number of hydrogen-bond acceptors (Lipinski definition) is 3. The van der Waals surface area contributed by atoms with Gasteiger partial charge in [-0.2, -0.15) is 0 Å². The number of nitrogens with zero attached hydrogens (tertiary/aromatic N) is 1. The van der Waals surface area contributed by atoms with E-state index in [1.807, 2.05) is 6.07 Å². The van der Waals surface area contributed by atoms with Gasteiger partial charge in [0.15, 0.2) is 0 Å². The highest BCUT2D eigenvalue weighted by molar-refractivity contribution is 5.30. The molecule has 1 aliphatic heterocycles. The Kier molecular flexibility index (Phi) is 4.83. The minimum Gasteiger partial charge on any atom is -0.491 e. The van der Waals surface area contributed by atoms with Crippen molar-refractivity contribution in [3.8, 4) is 5.75 Å². The van der Waals surface area contributed by atoms with Crippen LogP contribution < -0.4 is 10.1 Å². The molecule has 1 aliphatic rings. The maximum atomic E-state index is 5.76. The van der Waals surface area contributed by atoms with Gasteiger partial charge in [-0.1, -0.05) is 12.1 Å². The SMILES string of the molecule is CC(C)Oc1cccc(C(C)NC2CCN(C)C2)c1. The van der Waals surface area contributed by atoms with E-state index in [0.29, 0.717) is 12.1 Å². The van der Waals surface area contributed by atoms with Crippen LogP contribution in [0.2, 0.25) is 0 Å². The molecule has 0 saturated carbocycles.